The molecule has 1 rings (SSSR count). The first kappa shape index (κ1) is 6.08. The lowest BCUT2D eigenvalue weighted by molar-refractivity contribution is -0.108. The molecule has 0 amide bonds. The first-order valence-corrected chi connectivity index (χ1v) is 2.93. The second kappa shape index (κ2) is 2.49. The average molecular weight is 123 g/mol. The zero-order valence-corrected chi connectivity index (χ0v) is 5.29. The van der Waals surface area contributed by atoms with Crippen molar-refractivity contribution in [2.24, 2.45) is 0 Å². The molecule has 0 aliphatic rings. The molecule has 2 heteroatoms. The van der Waals surface area contributed by atoms with E-state index in [0.717, 1.165) is 12.0 Å². The van der Waals surface area contributed by atoms with E-state index >= 15 is 0 Å². The van der Waals surface area contributed by atoms with Crippen molar-refractivity contribution in [1.82, 2.24) is 4.98 Å². The summed E-state index contributed by atoms with van der Waals surface area (Å²) >= 11 is 0. The molecule has 2 nitrogen and oxygen atoms in total. The molecule has 1 unspecified atom stereocenters. The monoisotopic (exact) mass is 123 g/mol. The van der Waals surface area contributed by atoms with Crippen LogP contribution in [-0.2, 0) is 4.79 Å². The Morgan fingerprint density at radius 1 is 1.78 bits per heavy atom. The van der Waals surface area contributed by atoms with Crippen molar-refractivity contribution < 1.29 is 4.79 Å². The van der Waals surface area contributed by atoms with E-state index < -0.39 is 0 Å². The molecule has 1 atom stereocenters. The molecule has 0 aliphatic carbocycles. The van der Waals surface area contributed by atoms with Gasteiger partial charge in [0.2, 0.25) is 0 Å². The van der Waals surface area contributed by atoms with Crippen molar-refractivity contribution in [2.45, 2.75) is 12.8 Å². The summed E-state index contributed by atoms with van der Waals surface area (Å²) in [6.07, 6.45) is 2.74. The Morgan fingerprint density at radius 3 is 3.00 bits per heavy atom. The topological polar surface area (TPSA) is 32.9 Å². The molecule has 1 aromatic rings. The first-order chi connectivity index (χ1) is 4.34. The van der Waals surface area contributed by atoms with Crippen LogP contribution in [-0.4, -0.2) is 11.3 Å². The minimum absolute atomic E-state index is 0.000000000000000222. The van der Waals surface area contributed by atoms with Crippen LogP contribution >= 0.6 is 0 Å². The van der Waals surface area contributed by atoms with Gasteiger partial charge in [0.1, 0.15) is 6.29 Å². The van der Waals surface area contributed by atoms with Gasteiger partial charge in [0.25, 0.3) is 0 Å². The third-order valence-electron chi connectivity index (χ3n) is 1.32. The number of H-pyrrole nitrogens is 1. The van der Waals surface area contributed by atoms with Gasteiger partial charge in [-0.1, -0.05) is 6.92 Å². The highest BCUT2D eigenvalue weighted by molar-refractivity contribution is 5.60. The molecule has 0 fully saturated rings. The second-order valence-corrected chi connectivity index (χ2v) is 2.05. The number of aromatic nitrogens is 1. The fraction of sp³-hybridized carbons (Fsp3) is 0.286. The molecular formula is C7H9NO. The van der Waals surface area contributed by atoms with E-state index in [1.54, 1.807) is 0 Å². The summed E-state index contributed by atoms with van der Waals surface area (Å²) in [5, 5.41) is 0. The van der Waals surface area contributed by atoms with E-state index in [2.05, 4.69) is 4.98 Å². The Kier molecular flexibility index (Phi) is 1.68. The molecule has 0 saturated heterocycles. The molecule has 1 N–H and O–H groups in total. The Morgan fingerprint density at radius 2 is 2.56 bits per heavy atom. The van der Waals surface area contributed by atoms with Crippen LogP contribution in [0.25, 0.3) is 0 Å². The summed E-state index contributed by atoms with van der Waals surface area (Å²) in [5.74, 6) is -0.000000000000000222. The number of carbonyl (C=O) groups excluding carboxylic acids is 1. The zero-order chi connectivity index (χ0) is 6.69. The van der Waals surface area contributed by atoms with Crippen molar-refractivity contribution in [1.29, 1.82) is 0 Å². The Bertz CT molecular complexity index is 179. The molecule has 1 aromatic heterocycles. The molecule has 0 spiro atoms. The number of rotatable bonds is 2. The Labute approximate surface area is 53.9 Å². The van der Waals surface area contributed by atoms with Crippen LogP contribution in [0.15, 0.2) is 18.3 Å². The van der Waals surface area contributed by atoms with Gasteiger partial charge in [0, 0.05) is 11.9 Å². The number of hydrogen-bond acceptors (Lipinski definition) is 1. The van der Waals surface area contributed by atoms with Gasteiger partial charge >= 0.3 is 0 Å². The van der Waals surface area contributed by atoms with Crippen LogP contribution in [0.1, 0.15) is 18.5 Å². The Balaban J connectivity index is 2.76. The fourth-order valence-electron chi connectivity index (χ4n) is 0.701. The third-order valence-corrected chi connectivity index (χ3v) is 1.32. The lowest BCUT2D eigenvalue weighted by Gasteiger charge is -1.95. The molecule has 0 radical (unpaired) electrons. The first-order valence-electron chi connectivity index (χ1n) is 2.93. The number of carbonyl (C=O) groups is 1. The minimum atomic E-state index is -0.000000000000000222. The third kappa shape index (κ3) is 1.19. The van der Waals surface area contributed by atoms with Crippen LogP contribution in [0.5, 0.6) is 0 Å². The second-order valence-electron chi connectivity index (χ2n) is 2.05. The molecule has 48 valence electrons. The maximum Gasteiger partial charge on any atom is 0.128 e. The van der Waals surface area contributed by atoms with Crippen LogP contribution in [0, 0.1) is 0 Å². The molecule has 0 aromatic carbocycles. The fourth-order valence-corrected chi connectivity index (χ4v) is 0.701. The van der Waals surface area contributed by atoms with Gasteiger partial charge in [-0.25, -0.2) is 0 Å². The van der Waals surface area contributed by atoms with Crippen molar-refractivity contribution in [3.63, 3.8) is 0 Å². The molecule has 0 bridgehead atoms. The lowest BCUT2D eigenvalue weighted by Crippen LogP contribution is -1.92. The predicted octanol–water partition coefficient (Wildman–Crippen LogP) is 1.32. The largest absolute Gasteiger partial charge is 0.364 e. The van der Waals surface area contributed by atoms with Crippen LogP contribution in [0.3, 0.4) is 0 Å². The highest BCUT2D eigenvalue weighted by Crippen LogP contribution is 2.07. The van der Waals surface area contributed by atoms with Gasteiger partial charge in [0.15, 0.2) is 0 Å². The average Bonchev–Trinajstić information content (AvgIpc) is 2.37. The lowest BCUT2D eigenvalue weighted by atomic mass is 10.1. The summed E-state index contributed by atoms with van der Waals surface area (Å²) in [4.78, 5) is 13.1. The zero-order valence-electron chi connectivity index (χ0n) is 5.29. The summed E-state index contributed by atoms with van der Waals surface area (Å²) in [6, 6.07) is 3.79. The molecule has 1 heterocycles. The molecular weight excluding hydrogens is 114 g/mol. The maximum atomic E-state index is 10.2. The predicted molar refractivity (Wildman–Crippen MR) is 35.3 cm³/mol. The summed E-state index contributed by atoms with van der Waals surface area (Å²) < 4.78 is 0. The summed E-state index contributed by atoms with van der Waals surface area (Å²) in [6.45, 7) is 1.86. The van der Waals surface area contributed by atoms with Crippen LogP contribution in [0.4, 0.5) is 0 Å². The van der Waals surface area contributed by atoms with E-state index in [1.807, 2.05) is 25.3 Å². The van der Waals surface area contributed by atoms with Gasteiger partial charge in [-0.05, 0) is 12.1 Å². The highest BCUT2D eigenvalue weighted by Gasteiger charge is 2.01. The SMILES string of the molecule is CC(C=O)c1ccc[nH]1. The van der Waals surface area contributed by atoms with Crippen molar-refractivity contribution in [2.75, 3.05) is 0 Å². The van der Waals surface area contributed by atoms with Crippen molar-refractivity contribution >= 4 is 6.29 Å². The van der Waals surface area contributed by atoms with Gasteiger partial charge in [-0.3, -0.25) is 0 Å². The summed E-state index contributed by atoms with van der Waals surface area (Å²) in [7, 11) is 0. The van der Waals surface area contributed by atoms with E-state index in [0.29, 0.717) is 0 Å². The maximum absolute atomic E-state index is 10.2. The molecule has 0 saturated carbocycles. The quantitative estimate of drug-likeness (QED) is 0.591. The van der Waals surface area contributed by atoms with Crippen LogP contribution in [0.2, 0.25) is 0 Å². The molecule has 9 heavy (non-hydrogen) atoms. The van der Waals surface area contributed by atoms with E-state index in [9.17, 15) is 4.79 Å². The minimum Gasteiger partial charge on any atom is -0.364 e. The van der Waals surface area contributed by atoms with Gasteiger partial charge in [0.05, 0.1) is 5.92 Å². The normalized spacial score (nSPS) is 13.0. The number of nitrogens with one attached hydrogen (secondary N) is 1. The van der Waals surface area contributed by atoms with E-state index in [4.69, 9.17) is 0 Å². The van der Waals surface area contributed by atoms with Gasteiger partial charge in [-0.15, -0.1) is 0 Å². The van der Waals surface area contributed by atoms with Gasteiger partial charge in [-0.2, -0.15) is 0 Å². The van der Waals surface area contributed by atoms with E-state index in [1.165, 1.54) is 0 Å². The highest BCUT2D eigenvalue weighted by atomic mass is 16.1. The number of aromatic amines is 1. The van der Waals surface area contributed by atoms with E-state index in [-0.39, 0.29) is 5.92 Å². The van der Waals surface area contributed by atoms with Crippen molar-refractivity contribution in [3.8, 4) is 0 Å². The smallest absolute Gasteiger partial charge is 0.128 e. The number of hydrogen-bond donors (Lipinski definition) is 1. The molecule has 0 aliphatic heterocycles. The standard InChI is InChI=1S/C7H9NO/c1-6(5-9)7-3-2-4-8-7/h2-6,8H,1H3. The summed E-state index contributed by atoms with van der Waals surface area (Å²) in [5.41, 5.74) is 0.977. The number of aldehydes is 1. The van der Waals surface area contributed by atoms with Crippen molar-refractivity contribution in [3.05, 3.63) is 24.0 Å². The Hall–Kier alpha value is -1.05. The van der Waals surface area contributed by atoms with Crippen LogP contribution < -0.4 is 0 Å². The van der Waals surface area contributed by atoms with Gasteiger partial charge < -0.3 is 9.78 Å².